The number of carbonyl (C=O) groups is 2. The number of nitrogens with zero attached hydrogens (tertiary/aromatic N) is 1. The Morgan fingerprint density at radius 3 is 2.32 bits per heavy atom. The van der Waals surface area contributed by atoms with Gasteiger partial charge in [0.25, 0.3) is 10.0 Å². The predicted octanol–water partition coefficient (Wildman–Crippen LogP) is 6.39. The summed E-state index contributed by atoms with van der Waals surface area (Å²) in [5, 5.41) is 0. The minimum absolute atomic E-state index is 0.0465. The summed E-state index contributed by atoms with van der Waals surface area (Å²) in [7, 11) is -4.23. The van der Waals surface area contributed by atoms with Crippen molar-refractivity contribution in [3.8, 4) is 0 Å². The lowest BCUT2D eigenvalue weighted by Gasteiger charge is -2.48. The third kappa shape index (κ3) is 6.17. The maximum Gasteiger partial charge on any atom is 0.355 e. The van der Waals surface area contributed by atoms with E-state index >= 15 is 0 Å². The van der Waals surface area contributed by atoms with Crippen LogP contribution in [0.1, 0.15) is 53.6 Å². The largest absolute Gasteiger partial charge is 0.461 e. The average Bonchev–Trinajstić information content (AvgIpc) is 2.97. The van der Waals surface area contributed by atoms with Crippen LogP contribution in [0.2, 0.25) is 0 Å². The Morgan fingerprint density at radius 2 is 1.66 bits per heavy atom. The molecule has 0 radical (unpaired) electrons. The molecule has 0 amide bonds. The summed E-state index contributed by atoms with van der Waals surface area (Å²) in [6, 6.07) is 23.2. The van der Waals surface area contributed by atoms with E-state index in [0.29, 0.717) is 18.4 Å². The molecule has 214 valence electrons. The molecular formula is C32H32BrNO6S. The highest BCUT2D eigenvalue weighted by atomic mass is 79.9. The van der Waals surface area contributed by atoms with Crippen molar-refractivity contribution >= 4 is 37.7 Å². The number of fused-ring (bicyclic) bond motifs is 1. The third-order valence-corrected chi connectivity index (χ3v) is 9.93. The van der Waals surface area contributed by atoms with Gasteiger partial charge in [-0.15, -0.1) is 0 Å². The van der Waals surface area contributed by atoms with Gasteiger partial charge < -0.3 is 9.47 Å². The van der Waals surface area contributed by atoms with Crippen LogP contribution < -0.4 is 0 Å². The molecule has 1 fully saturated rings. The van der Waals surface area contributed by atoms with E-state index in [1.807, 2.05) is 37.3 Å². The Hall–Kier alpha value is -3.27. The first kappa shape index (κ1) is 29.2. The van der Waals surface area contributed by atoms with E-state index in [-0.39, 0.29) is 41.2 Å². The van der Waals surface area contributed by atoms with Crippen molar-refractivity contribution in [2.24, 2.45) is 5.92 Å². The summed E-state index contributed by atoms with van der Waals surface area (Å²) in [5.41, 5.74) is 2.33. The van der Waals surface area contributed by atoms with E-state index in [1.54, 1.807) is 49.4 Å². The fourth-order valence-corrected chi connectivity index (χ4v) is 7.40. The van der Waals surface area contributed by atoms with Crippen LogP contribution >= 0.6 is 15.9 Å². The molecule has 0 N–H and O–H groups in total. The van der Waals surface area contributed by atoms with E-state index in [2.05, 4.69) is 15.9 Å². The average molecular weight is 639 g/mol. The number of allylic oxidation sites excluding steroid dienone is 1. The summed E-state index contributed by atoms with van der Waals surface area (Å²) < 4.78 is 42.4. The molecule has 5 rings (SSSR count). The Morgan fingerprint density at radius 1 is 0.976 bits per heavy atom. The summed E-state index contributed by atoms with van der Waals surface area (Å²) in [5.74, 6) is -1.42. The first-order valence-corrected chi connectivity index (χ1v) is 15.9. The number of carbonyl (C=O) groups excluding carboxylic acids is 2. The van der Waals surface area contributed by atoms with Gasteiger partial charge in [-0.2, -0.15) is 0 Å². The van der Waals surface area contributed by atoms with Crippen LogP contribution in [0.3, 0.4) is 0 Å². The maximum atomic E-state index is 14.2. The highest BCUT2D eigenvalue weighted by Crippen LogP contribution is 2.47. The monoisotopic (exact) mass is 637 g/mol. The molecule has 0 unspecified atom stereocenters. The van der Waals surface area contributed by atoms with Gasteiger partial charge in [-0.25, -0.2) is 17.5 Å². The summed E-state index contributed by atoms with van der Waals surface area (Å²) in [6.07, 6.45) is 1.45. The van der Waals surface area contributed by atoms with E-state index in [9.17, 15) is 18.0 Å². The number of aryl methyl sites for hydroxylation is 1. The van der Waals surface area contributed by atoms with Crippen LogP contribution in [0.15, 0.2) is 100 Å². The third-order valence-electron chi connectivity index (χ3n) is 7.61. The summed E-state index contributed by atoms with van der Waals surface area (Å²) in [6.45, 7) is 3.64. The lowest BCUT2D eigenvalue weighted by Crippen LogP contribution is -2.55. The minimum Gasteiger partial charge on any atom is -0.461 e. The van der Waals surface area contributed by atoms with Crippen molar-refractivity contribution in [1.82, 2.24) is 4.31 Å². The molecule has 0 saturated carbocycles. The van der Waals surface area contributed by atoms with Crippen LogP contribution in [0.4, 0.5) is 0 Å². The standard InChI is InChI=1S/C32H32BrNO6S/c1-3-39-32(36)29-20-28(22-11-13-24(33)14-12-22)27-18-15-25(19-30(35)23-7-5-4-6-8-23)40-31(27)34(29)41(37,38)26-16-9-21(2)10-17-26/h4-14,16-17,20,25,27-28,31H,3,15,18-19H2,1-2H3/t25-,27+,28+,31+/m0/s1. The molecular weight excluding hydrogens is 606 g/mol. The van der Waals surface area contributed by atoms with Crippen LogP contribution in [0.25, 0.3) is 0 Å². The van der Waals surface area contributed by atoms with Gasteiger partial charge in [-0.3, -0.25) is 4.79 Å². The molecule has 2 heterocycles. The number of halogens is 1. The van der Waals surface area contributed by atoms with Gasteiger partial charge in [-0.05, 0) is 62.6 Å². The van der Waals surface area contributed by atoms with Gasteiger partial charge >= 0.3 is 5.97 Å². The quantitative estimate of drug-likeness (QED) is 0.210. The molecule has 7 nitrogen and oxygen atoms in total. The van der Waals surface area contributed by atoms with E-state index in [4.69, 9.17) is 9.47 Å². The highest BCUT2D eigenvalue weighted by molar-refractivity contribution is 9.10. The number of benzene rings is 3. The Bertz CT molecular complexity index is 1540. The van der Waals surface area contributed by atoms with Crippen molar-refractivity contribution in [3.63, 3.8) is 0 Å². The number of sulfonamides is 1. The number of hydrogen-bond donors (Lipinski definition) is 0. The van der Waals surface area contributed by atoms with Crippen LogP contribution in [-0.4, -0.2) is 43.4 Å². The van der Waals surface area contributed by atoms with Crippen molar-refractivity contribution < 1.29 is 27.5 Å². The second-order valence-electron chi connectivity index (χ2n) is 10.3. The summed E-state index contributed by atoms with van der Waals surface area (Å²) in [4.78, 5) is 26.5. The molecule has 2 aliphatic heterocycles. The Balaban J connectivity index is 1.59. The Kier molecular flexibility index (Phi) is 8.77. The van der Waals surface area contributed by atoms with Gasteiger partial charge in [0.15, 0.2) is 5.78 Å². The number of rotatable bonds is 8. The zero-order valence-electron chi connectivity index (χ0n) is 22.9. The molecule has 0 bridgehead atoms. The second-order valence-corrected chi connectivity index (χ2v) is 13.1. The molecule has 0 aliphatic carbocycles. The van der Waals surface area contributed by atoms with Gasteiger partial charge in [0.05, 0.1) is 17.6 Å². The lowest BCUT2D eigenvalue weighted by atomic mass is 9.77. The van der Waals surface area contributed by atoms with Crippen LogP contribution in [0, 0.1) is 12.8 Å². The molecule has 2 aliphatic rings. The summed E-state index contributed by atoms with van der Waals surface area (Å²) >= 11 is 3.48. The second kappa shape index (κ2) is 12.3. The van der Waals surface area contributed by atoms with Crippen LogP contribution in [-0.2, 0) is 24.3 Å². The number of esters is 1. The SMILES string of the molecule is CCOC(=O)C1=C[C@H](c2ccc(Br)cc2)[C@H]2CC[C@@H](CC(=O)c3ccccc3)O[C@H]2N1S(=O)(=O)c1ccc(C)cc1. The smallest absolute Gasteiger partial charge is 0.355 e. The number of hydrogen-bond acceptors (Lipinski definition) is 6. The normalized spacial score (nSPS) is 22.4. The van der Waals surface area contributed by atoms with Gasteiger partial charge in [-0.1, -0.05) is 76.1 Å². The van der Waals surface area contributed by atoms with E-state index in [0.717, 1.165) is 19.9 Å². The first-order valence-electron chi connectivity index (χ1n) is 13.7. The van der Waals surface area contributed by atoms with Gasteiger partial charge in [0, 0.05) is 28.3 Å². The zero-order chi connectivity index (χ0) is 29.1. The fraction of sp³-hybridized carbons (Fsp3) is 0.312. The molecule has 0 aromatic heterocycles. The number of ketones is 1. The zero-order valence-corrected chi connectivity index (χ0v) is 25.3. The number of Topliss-reactive ketones (excluding diaryl/α,β-unsaturated/α-hetero) is 1. The van der Waals surface area contributed by atoms with Crippen molar-refractivity contribution in [1.29, 1.82) is 0 Å². The fourth-order valence-electron chi connectivity index (χ4n) is 5.56. The minimum atomic E-state index is -4.23. The molecule has 41 heavy (non-hydrogen) atoms. The highest BCUT2D eigenvalue weighted by Gasteiger charge is 2.50. The van der Waals surface area contributed by atoms with Crippen LogP contribution in [0.5, 0.6) is 0 Å². The molecule has 3 aromatic carbocycles. The van der Waals surface area contributed by atoms with E-state index in [1.165, 1.54) is 12.1 Å². The van der Waals surface area contributed by atoms with Gasteiger partial charge in [0.2, 0.25) is 0 Å². The molecule has 1 saturated heterocycles. The lowest BCUT2D eigenvalue weighted by molar-refractivity contribution is -0.152. The maximum absolute atomic E-state index is 14.2. The molecule has 3 aromatic rings. The predicted molar refractivity (Wildman–Crippen MR) is 159 cm³/mol. The van der Waals surface area contributed by atoms with Gasteiger partial charge in [0.1, 0.15) is 11.9 Å². The topological polar surface area (TPSA) is 90.0 Å². The van der Waals surface area contributed by atoms with Crippen molar-refractivity contribution in [3.05, 3.63) is 112 Å². The molecule has 0 spiro atoms. The molecule has 9 heteroatoms. The molecule has 4 atom stereocenters. The Labute approximate surface area is 249 Å². The van der Waals surface area contributed by atoms with E-state index < -0.39 is 28.3 Å². The first-order chi connectivity index (χ1) is 19.7. The van der Waals surface area contributed by atoms with Crippen molar-refractivity contribution in [2.45, 2.75) is 56.3 Å². The number of ether oxygens (including phenoxy) is 2. The van der Waals surface area contributed by atoms with Crippen molar-refractivity contribution in [2.75, 3.05) is 6.61 Å².